The monoisotopic (exact) mass is 505 g/mol. The molecular weight excluding hydrogens is 478 g/mol. The van der Waals surface area contributed by atoms with Crippen molar-refractivity contribution >= 4 is 45.8 Å². The second-order valence-electron chi connectivity index (χ2n) is 8.72. The summed E-state index contributed by atoms with van der Waals surface area (Å²) in [7, 11) is 0. The fraction of sp³-hybridized carbons (Fsp3) is 0.296. The Hall–Kier alpha value is -3.56. The molecule has 186 valence electrons. The van der Waals surface area contributed by atoms with Crippen LogP contribution in [0.4, 0.5) is 4.79 Å². The van der Waals surface area contributed by atoms with Gasteiger partial charge in [0.05, 0.1) is 24.7 Å². The maximum Gasteiger partial charge on any atom is 0.293 e. The summed E-state index contributed by atoms with van der Waals surface area (Å²) in [5, 5.41) is 0.603. The number of hydrogen-bond acceptors (Lipinski definition) is 6. The number of aryl methyl sites for hydroxylation is 1. The van der Waals surface area contributed by atoms with Gasteiger partial charge in [-0.3, -0.25) is 19.3 Å². The highest BCUT2D eigenvalue weighted by molar-refractivity contribution is 8.18. The van der Waals surface area contributed by atoms with E-state index >= 15 is 0 Å². The Labute approximate surface area is 213 Å². The molecule has 3 aromatic rings. The van der Waals surface area contributed by atoms with Crippen molar-refractivity contribution in [2.45, 2.75) is 13.5 Å². The minimum atomic E-state index is -0.335. The van der Waals surface area contributed by atoms with Gasteiger partial charge in [0.1, 0.15) is 18.9 Å². The van der Waals surface area contributed by atoms with Crippen LogP contribution in [0.1, 0.15) is 11.1 Å². The first kappa shape index (κ1) is 24.1. The van der Waals surface area contributed by atoms with E-state index in [1.807, 2.05) is 71.1 Å². The molecule has 2 aliphatic heterocycles. The number of benzene rings is 2. The zero-order valence-corrected chi connectivity index (χ0v) is 20.8. The third kappa shape index (κ3) is 5.17. The number of morpholine rings is 1. The van der Waals surface area contributed by atoms with Crippen molar-refractivity contribution in [3.05, 3.63) is 70.8 Å². The number of ether oxygens (including phenoxy) is 2. The normalized spacial score (nSPS) is 17.4. The molecule has 3 amide bonds. The second-order valence-corrected chi connectivity index (χ2v) is 9.71. The molecule has 0 spiro atoms. The maximum absolute atomic E-state index is 13.0. The SMILES string of the molecule is Cc1ccc(OCCN2C(=O)S/C(=C\c3cn(CC(=O)N4CCOCC4)c4ccccc34)C2=O)cc1. The first-order valence-electron chi connectivity index (χ1n) is 11.9. The molecule has 0 aliphatic carbocycles. The lowest BCUT2D eigenvalue weighted by atomic mass is 10.1. The third-order valence-electron chi connectivity index (χ3n) is 6.25. The molecule has 0 unspecified atom stereocenters. The van der Waals surface area contributed by atoms with Gasteiger partial charge in [-0.15, -0.1) is 0 Å². The molecule has 2 fully saturated rings. The van der Waals surface area contributed by atoms with Gasteiger partial charge in [-0.1, -0.05) is 35.9 Å². The van der Waals surface area contributed by atoms with Crippen LogP contribution in [0.2, 0.25) is 0 Å². The van der Waals surface area contributed by atoms with Gasteiger partial charge in [0.2, 0.25) is 5.91 Å². The Kier molecular flexibility index (Phi) is 7.11. The number of nitrogens with zero attached hydrogens (tertiary/aromatic N) is 3. The highest BCUT2D eigenvalue weighted by Gasteiger charge is 2.35. The van der Waals surface area contributed by atoms with Crippen LogP contribution < -0.4 is 4.74 Å². The van der Waals surface area contributed by atoms with Crippen LogP contribution in [-0.2, 0) is 20.9 Å². The van der Waals surface area contributed by atoms with Crippen molar-refractivity contribution in [2.75, 3.05) is 39.5 Å². The van der Waals surface area contributed by atoms with Crippen LogP contribution in [0, 0.1) is 6.92 Å². The number of carbonyl (C=O) groups is 3. The largest absolute Gasteiger partial charge is 0.492 e. The molecule has 8 nitrogen and oxygen atoms in total. The number of imide groups is 1. The molecule has 2 saturated heterocycles. The van der Waals surface area contributed by atoms with Gasteiger partial charge in [-0.2, -0.15) is 0 Å². The van der Waals surface area contributed by atoms with E-state index in [0.29, 0.717) is 37.0 Å². The van der Waals surface area contributed by atoms with Crippen molar-refractivity contribution in [2.24, 2.45) is 0 Å². The maximum atomic E-state index is 13.0. The first-order chi connectivity index (χ1) is 17.5. The van der Waals surface area contributed by atoms with Crippen molar-refractivity contribution in [1.82, 2.24) is 14.4 Å². The molecule has 1 aromatic heterocycles. The van der Waals surface area contributed by atoms with E-state index in [4.69, 9.17) is 9.47 Å². The van der Waals surface area contributed by atoms with E-state index in [1.54, 1.807) is 6.08 Å². The number of amides is 3. The number of thioether (sulfide) groups is 1. The molecule has 5 rings (SSSR count). The minimum absolute atomic E-state index is 0.0273. The number of para-hydroxylation sites is 1. The molecule has 0 saturated carbocycles. The average molecular weight is 506 g/mol. The molecule has 2 aromatic carbocycles. The first-order valence-corrected chi connectivity index (χ1v) is 12.7. The van der Waals surface area contributed by atoms with Gasteiger partial charge in [-0.05, 0) is 43.0 Å². The lowest BCUT2D eigenvalue weighted by Crippen LogP contribution is -2.42. The van der Waals surface area contributed by atoms with E-state index in [2.05, 4.69) is 0 Å². The predicted molar refractivity (Wildman–Crippen MR) is 139 cm³/mol. The zero-order chi connectivity index (χ0) is 25.1. The summed E-state index contributed by atoms with van der Waals surface area (Å²) in [4.78, 5) is 41.8. The van der Waals surface area contributed by atoms with Gasteiger partial charge < -0.3 is 18.9 Å². The van der Waals surface area contributed by atoms with Gasteiger partial charge in [-0.25, -0.2) is 0 Å². The van der Waals surface area contributed by atoms with Crippen LogP contribution in [0.3, 0.4) is 0 Å². The summed E-state index contributed by atoms with van der Waals surface area (Å²) in [6.07, 6.45) is 3.61. The molecular formula is C27H27N3O5S. The van der Waals surface area contributed by atoms with Crippen LogP contribution in [0.15, 0.2) is 59.6 Å². The summed E-state index contributed by atoms with van der Waals surface area (Å²) in [6, 6.07) is 15.4. The zero-order valence-electron chi connectivity index (χ0n) is 20.0. The quantitative estimate of drug-likeness (QED) is 0.453. The van der Waals surface area contributed by atoms with Crippen LogP contribution in [-0.4, -0.2) is 70.9 Å². The summed E-state index contributed by atoms with van der Waals surface area (Å²) in [5.74, 6) is 0.390. The van der Waals surface area contributed by atoms with Crippen molar-refractivity contribution in [1.29, 1.82) is 0 Å². The molecule has 0 bridgehead atoms. The van der Waals surface area contributed by atoms with Crippen LogP contribution in [0.5, 0.6) is 5.75 Å². The number of fused-ring (bicyclic) bond motifs is 1. The summed E-state index contributed by atoms with van der Waals surface area (Å²) in [5.41, 5.74) is 2.82. The van der Waals surface area contributed by atoms with Crippen molar-refractivity contribution in [3.8, 4) is 5.75 Å². The molecule has 0 atom stereocenters. The van der Waals surface area contributed by atoms with Crippen LogP contribution >= 0.6 is 11.8 Å². The Morgan fingerprint density at radius 3 is 2.61 bits per heavy atom. The Bertz CT molecular complexity index is 1320. The fourth-order valence-electron chi connectivity index (χ4n) is 4.30. The number of hydrogen-bond donors (Lipinski definition) is 0. The Morgan fingerprint density at radius 2 is 1.83 bits per heavy atom. The Balaban J connectivity index is 1.30. The number of rotatable bonds is 7. The van der Waals surface area contributed by atoms with Gasteiger partial charge in [0.15, 0.2) is 0 Å². The van der Waals surface area contributed by atoms with E-state index < -0.39 is 0 Å². The fourth-order valence-corrected chi connectivity index (χ4v) is 5.16. The highest BCUT2D eigenvalue weighted by atomic mass is 32.2. The summed E-state index contributed by atoms with van der Waals surface area (Å²) in [6.45, 7) is 4.87. The lowest BCUT2D eigenvalue weighted by Gasteiger charge is -2.27. The molecule has 0 N–H and O–H groups in total. The molecule has 36 heavy (non-hydrogen) atoms. The van der Waals surface area contributed by atoms with Crippen molar-refractivity contribution in [3.63, 3.8) is 0 Å². The van der Waals surface area contributed by atoms with E-state index in [1.165, 1.54) is 4.90 Å². The third-order valence-corrected chi connectivity index (χ3v) is 7.16. The molecule has 9 heteroatoms. The van der Waals surface area contributed by atoms with Gasteiger partial charge in [0, 0.05) is 35.8 Å². The summed E-state index contributed by atoms with van der Waals surface area (Å²) >= 11 is 0.924. The summed E-state index contributed by atoms with van der Waals surface area (Å²) < 4.78 is 12.9. The molecule has 3 heterocycles. The highest BCUT2D eigenvalue weighted by Crippen LogP contribution is 2.34. The van der Waals surface area contributed by atoms with E-state index in [0.717, 1.165) is 33.8 Å². The number of carbonyl (C=O) groups excluding carboxylic acids is 3. The molecule has 0 radical (unpaired) electrons. The topological polar surface area (TPSA) is 81.1 Å². The Morgan fingerprint density at radius 1 is 1.08 bits per heavy atom. The number of aromatic nitrogens is 1. The second kappa shape index (κ2) is 10.6. The standard InChI is InChI=1S/C27H27N3O5S/c1-19-6-8-21(9-7-19)35-15-12-30-26(32)24(36-27(30)33)16-20-17-29(23-5-3-2-4-22(20)23)18-25(31)28-10-13-34-14-11-28/h2-9,16-17H,10-15,18H2,1H3/b24-16-. The van der Waals surface area contributed by atoms with Crippen molar-refractivity contribution < 1.29 is 23.9 Å². The van der Waals surface area contributed by atoms with Crippen LogP contribution in [0.25, 0.3) is 17.0 Å². The van der Waals surface area contributed by atoms with E-state index in [9.17, 15) is 14.4 Å². The lowest BCUT2D eigenvalue weighted by molar-refractivity contribution is -0.135. The van der Waals surface area contributed by atoms with Gasteiger partial charge in [0.25, 0.3) is 11.1 Å². The van der Waals surface area contributed by atoms with Gasteiger partial charge >= 0.3 is 0 Å². The molecule has 2 aliphatic rings. The van der Waals surface area contributed by atoms with E-state index in [-0.39, 0.29) is 36.7 Å². The predicted octanol–water partition coefficient (Wildman–Crippen LogP) is 3.92. The smallest absolute Gasteiger partial charge is 0.293 e. The average Bonchev–Trinajstić information content (AvgIpc) is 3.37. The minimum Gasteiger partial charge on any atom is -0.492 e.